The lowest BCUT2D eigenvalue weighted by Crippen LogP contribution is -2.29. The molecule has 128 valence electrons. The summed E-state index contributed by atoms with van der Waals surface area (Å²) in [5.74, 6) is 0.988. The van der Waals surface area contributed by atoms with Crippen LogP contribution in [0.3, 0.4) is 0 Å². The fourth-order valence-corrected chi connectivity index (χ4v) is 3.43. The SMILES string of the molecule is COc1ccc(C(C)NCC2(CO)CC2)cc1CN1CCCC1. The number of ether oxygens (including phenoxy) is 1. The molecule has 1 saturated carbocycles. The zero-order valence-corrected chi connectivity index (χ0v) is 14.5. The predicted octanol–water partition coefficient (Wildman–Crippen LogP) is 2.71. The summed E-state index contributed by atoms with van der Waals surface area (Å²) in [7, 11) is 1.75. The minimum Gasteiger partial charge on any atom is -0.496 e. The maximum absolute atomic E-state index is 9.45. The molecule has 2 aliphatic rings. The van der Waals surface area contributed by atoms with Gasteiger partial charge in [0.2, 0.25) is 0 Å². The van der Waals surface area contributed by atoms with Gasteiger partial charge in [0.05, 0.1) is 7.11 Å². The highest BCUT2D eigenvalue weighted by Gasteiger charge is 2.41. The van der Waals surface area contributed by atoms with Gasteiger partial charge in [-0.15, -0.1) is 0 Å². The van der Waals surface area contributed by atoms with Gasteiger partial charge in [0.15, 0.2) is 0 Å². The zero-order chi connectivity index (χ0) is 16.3. The van der Waals surface area contributed by atoms with E-state index in [2.05, 4.69) is 35.3 Å². The fraction of sp³-hybridized carbons (Fsp3) is 0.684. The van der Waals surface area contributed by atoms with E-state index in [1.54, 1.807) is 7.11 Å². The first-order valence-electron chi connectivity index (χ1n) is 8.89. The maximum atomic E-state index is 9.45. The minimum atomic E-state index is 0.152. The number of hydrogen-bond acceptors (Lipinski definition) is 4. The van der Waals surface area contributed by atoms with E-state index in [1.165, 1.54) is 37.1 Å². The van der Waals surface area contributed by atoms with Gasteiger partial charge in [-0.2, -0.15) is 0 Å². The molecule has 1 saturated heterocycles. The molecule has 3 rings (SSSR count). The molecule has 0 bridgehead atoms. The third kappa shape index (κ3) is 4.06. The normalized spacial score (nSPS) is 21.3. The van der Waals surface area contributed by atoms with Crippen LogP contribution in [0.2, 0.25) is 0 Å². The molecule has 1 aromatic carbocycles. The second kappa shape index (κ2) is 7.20. The molecule has 4 nitrogen and oxygen atoms in total. The van der Waals surface area contributed by atoms with E-state index in [0.717, 1.165) is 31.7 Å². The summed E-state index contributed by atoms with van der Waals surface area (Å²) in [6.45, 7) is 6.77. The Kier molecular flexibility index (Phi) is 5.24. The van der Waals surface area contributed by atoms with Crippen molar-refractivity contribution in [2.24, 2.45) is 5.41 Å². The Morgan fingerprint density at radius 2 is 2.04 bits per heavy atom. The number of nitrogens with one attached hydrogen (secondary N) is 1. The molecule has 0 radical (unpaired) electrons. The lowest BCUT2D eigenvalue weighted by Gasteiger charge is -2.22. The number of benzene rings is 1. The molecule has 1 unspecified atom stereocenters. The summed E-state index contributed by atoms with van der Waals surface area (Å²) in [5.41, 5.74) is 2.73. The summed E-state index contributed by atoms with van der Waals surface area (Å²) in [4.78, 5) is 2.50. The molecule has 0 amide bonds. The van der Waals surface area contributed by atoms with Crippen LogP contribution in [-0.4, -0.2) is 43.4 Å². The van der Waals surface area contributed by atoms with E-state index in [1.807, 2.05) is 0 Å². The van der Waals surface area contributed by atoms with Gasteiger partial charge in [0, 0.05) is 36.7 Å². The third-order valence-electron chi connectivity index (χ3n) is 5.47. The van der Waals surface area contributed by atoms with Crippen molar-refractivity contribution >= 4 is 0 Å². The molecule has 23 heavy (non-hydrogen) atoms. The van der Waals surface area contributed by atoms with Crippen molar-refractivity contribution in [1.29, 1.82) is 0 Å². The summed E-state index contributed by atoms with van der Waals surface area (Å²) >= 11 is 0. The number of nitrogens with zero attached hydrogens (tertiary/aromatic N) is 1. The van der Waals surface area contributed by atoms with Crippen molar-refractivity contribution in [3.8, 4) is 5.75 Å². The van der Waals surface area contributed by atoms with Crippen molar-refractivity contribution in [2.75, 3.05) is 33.4 Å². The highest BCUT2D eigenvalue weighted by molar-refractivity contribution is 5.38. The number of methoxy groups -OCH3 is 1. The first-order chi connectivity index (χ1) is 11.2. The van der Waals surface area contributed by atoms with Gasteiger partial charge in [0.25, 0.3) is 0 Å². The van der Waals surface area contributed by atoms with Gasteiger partial charge < -0.3 is 15.2 Å². The van der Waals surface area contributed by atoms with Crippen molar-refractivity contribution < 1.29 is 9.84 Å². The molecule has 1 heterocycles. The van der Waals surface area contributed by atoms with Crippen LogP contribution in [0.4, 0.5) is 0 Å². The topological polar surface area (TPSA) is 44.7 Å². The number of aliphatic hydroxyl groups is 1. The van der Waals surface area contributed by atoms with E-state index in [-0.39, 0.29) is 5.41 Å². The smallest absolute Gasteiger partial charge is 0.123 e. The van der Waals surface area contributed by atoms with Crippen LogP contribution in [0.15, 0.2) is 18.2 Å². The fourth-order valence-electron chi connectivity index (χ4n) is 3.43. The molecule has 4 heteroatoms. The quantitative estimate of drug-likeness (QED) is 0.773. The van der Waals surface area contributed by atoms with Gasteiger partial charge in [-0.25, -0.2) is 0 Å². The van der Waals surface area contributed by atoms with Crippen LogP contribution in [0, 0.1) is 5.41 Å². The minimum absolute atomic E-state index is 0.152. The van der Waals surface area contributed by atoms with Crippen molar-refractivity contribution in [1.82, 2.24) is 10.2 Å². The standard InChI is InChI=1S/C19H30N2O2/c1-15(20-13-19(14-22)7-8-19)16-5-6-18(23-2)17(11-16)12-21-9-3-4-10-21/h5-6,11,15,20,22H,3-4,7-10,12-14H2,1-2H3. The third-order valence-corrected chi connectivity index (χ3v) is 5.47. The Morgan fingerprint density at radius 3 is 2.65 bits per heavy atom. The van der Waals surface area contributed by atoms with Gasteiger partial charge >= 0.3 is 0 Å². The molecule has 1 atom stereocenters. The maximum Gasteiger partial charge on any atom is 0.123 e. The van der Waals surface area contributed by atoms with Crippen LogP contribution in [0.1, 0.15) is 49.8 Å². The van der Waals surface area contributed by atoms with Gasteiger partial charge in [-0.3, -0.25) is 4.90 Å². The van der Waals surface area contributed by atoms with Crippen LogP contribution in [0.5, 0.6) is 5.75 Å². The Hall–Kier alpha value is -1.10. The van der Waals surface area contributed by atoms with Gasteiger partial charge in [-0.05, 0) is 63.4 Å². The lowest BCUT2D eigenvalue weighted by atomic mass is 10.0. The monoisotopic (exact) mass is 318 g/mol. The Bertz CT molecular complexity index is 522. The molecule has 0 spiro atoms. The molecule has 1 aromatic rings. The van der Waals surface area contributed by atoms with Crippen LogP contribution < -0.4 is 10.1 Å². The average Bonchev–Trinajstić information content (AvgIpc) is 3.19. The van der Waals surface area contributed by atoms with E-state index in [4.69, 9.17) is 4.74 Å². The van der Waals surface area contributed by atoms with Crippen molar-refractivity contribution in [3.05, 3.63) is 29.3 Å². The molecule has 1 aliphatic carbocycles. The van der Waals surface area contributed by atoms with Crippen LogP contribution in [0.25, 0.3) is 0 Å². The first kappa shape index (κ1) is 16.7. The van der Waals surface area contributed by atoms with Gasteiger partial charge in [-0.1, -0.05) is 6.07 Å². The highest BCUT2D eigenvalue weighted by atomic mass is 16.5. The van der Waals surface area contributed by atoms with Crippen LogP contribution >= 0.6 is 0 Å². The number of aliphatic hydroxyl groups excluding tert-OH is 1. The summed E-state index contributed by atoms with van der Waals surface area (Å²) in [6.07, 6.45) is 4.91. The second-order valence-corrected chi connectivity index (χ2v) is 7.32. The van der Waals surface area contributed by atoms with E-state index in [0.29, 0.717) is 12.6 Å². The van der Waals surface area contributed by atoms with Crippen LogP contribution in [-0.2, 0) is 6.54 Å². The van der Waals surface area contributed by atoms with E-state index >= 15 is 0 Å². The number of likely N-dealkylation sites (tertiary alicyclic amines) is 1. The molecular weight excluding hydrogens is 288 g/mol. The molecule has 2 N–H and O–H groups in total. The summed E-state index contributed by atoms with van der Waals surface area (Å²) in [6, 6.07) is 6.83. The average molecular weight is 318 g/mol. The number of hydrogen-bond donors (Lipinski definition) is 2. The molecule has 1 aliphatic heterocycles. The van der Waals surface area contributed by atoms with Crippen molar-refractivity contribution in [2.45, 2.75) is 45.2 Å². The molecule has 2 fully saturated rings. The van der Waals surface area contributed by atoms with Gasteiger partial charge in [0.1, 0.15) is 5.75 Å². The largest absolute Gasteiger partial charge is 0.496 e. The second-order valence-electron chi connectivity index (χ2n) is 7.32. The first-order valence-corrected chi connectivity index (χ1v) is 8.89. The molecular formula is C19H30N2O2. The lowest BCUT2D eigenvalue weighted by molar-refractivity contribution is 0.204. The Labute approximate surface area is 139 Å². The van der Waals surface area contributed by atoms with E-state index in [9.17, 15) is 5.11 Å². The summed E-state index contributed by atoms with van der Waals surface area (Å²) in [5, 5.41) is 13.0. The van der Waals surface area contributed by atoms with Crippen molar-refractivity contribution in [3.63, 3.8) is 0 Å². The number of rotatable bonds is 8. The predicted molar refractivity (Wildman–Crippen MR) is 92.7 cm³/mol. The van der Waals surface area contributed by atoms with E-state index < -0.39 is 0 Å². The molecule has 0 aromatic heterocycles. The zero-order valence-electron chi connectivity index (χ0n) is 14.5. The summed E-state index contributed by atoms with van der Waals surface area (Å²) < 4.78 is 5.55. The Balaban J connectivity index is 1.66. The Morgan fingerprint density at radius 1 is 1.30 bits per heavy atom. The highest BCUT2D eigenvalue weighted by Crippen LogP contribution is 2.44.